The molecular formula is C18H20N4O5S. The van der Waals surface area contributed by atoms with Crippen molar-refractivity contribution in [1.29, 1.82) is 0 Å². The van der Waals surface area contributed by atoms with Gasteiger partial charge in [0.05, 0.1) is 25.3 Å². The van der Waals surface area contributed by atoms with E-state index in [9.17, 15) is 13.2 Å². The Morgan fingerprint density at radius 3 is 2.18 bits per heavy atom. The number of nitrogens with two attached hydrogens (primary N) is 1. The van der Waals surface area contributed by atoms with Crippen LogP contribution in [0, 0.1) is 0 Å². The summed E-state index contributed by atoms with van der Waals surface area (Å²) >= 11 is 0. The second kappa shape index (κ2) is 7.49. The van der Waals surface area contributed by atoms with Crippen molar-refractivity contribution in [2.24, 2.45) is 12.2 Å². The molecule has 0 unspecified atom stereocenters. The van der Waals surface area contributed by atoms with Crippen LogP contribution < -0.4 is 24.9 Å². The molecule has 0 radical (unpaired) electrons. The number of nitrogens with zero attached hydrogens (tertiary/aromatic N) is 2. The van der Waals surface area contributed by atoms with Crippen molar-refractivity contribution >= 4 is 26.7 Å². The molecule has 0 aliphatic carbocycles. The number of nitrogens with one attached hydrogen (secondary N) is 1. The Morgan fingerprint density at radius 2 is 1.64 bits per heavy atom. The van der Waals surface area contributed by atoms with Gasteiger partial charge in [0.25, 0.3) is 15.8 Å². The molecule has 148 valence electrons. The summed E-state index contributed by atoms with van der Waals surface area (Å²) in [6.45, 7) is 0. The minimum absolute atomic E-state index is 0.243. The molecule has 0 saturated carbocycles. The summed E-state index contributed by atoms with van der Waals surface area (Å²) in [4.78, 5) is 12.5. The first-order chi connectivity index (χ1) is 13.2. The van der Waals surface area contributed by atoms with E-state index in [0.717, 1.165) is 5.56 Å². The maximum atomic E-state index is 12.5. The number of hydrogen-bond acceptors (Lipinski definition) is 6. The van der Waals surface area contributed by atoms with Gasteiger partial charge in [-0.05, 0) is 29.8 Å². The number of hydrogen-bond donors (Lipinski definition) is 2. The van der Waals surface area contributed by atoms with E-state index in [2.05, 4.69) is 9.82 Å². The maximum Gasteiger partial charge on any atom is 0.296 e. The average molecular weight is 404 g/mol. The highest BCUT2D eigenvalue weighted by Gasteiger charge is 2.15. The average Bonchev–Trinajstić information content (AvgIpc) is 2.65. The molecule has 0 spiro atoms. The molecule has 0 aliphatic heterocycles. The van der Waals surface area contributed by atoms with Gasteiger partial charge in [0.1, 0.15) is 0 Å². The number of aromatic nitrogens is 2. The summed E-state index contributed by atoms with van der Waals surface area (Å²) in [6, 6.07) is 10.1. The molecule has 1 heterocycles. The second-order valence-electron chi connectivity index (χ2n) is 6.15. The van der Waals surface area contributed by atoms with Crippen LogP contribution in [0.2, 0.25) is 0 Å². The largest absolute Gasteiger partial charge is 0.493 e. The highest BCUT2D eigenvalue weighted by atomic mass is 32.2. The van der Waals surface area contributed by atoms with Gasteiger partial charge in [-0.3, -0.25) is 9.52 Å². The quantitative estimate of drug-likeness (QED) is 0.635. The van der Waals surface area contributed by atoms with E-state index in [0.29, 0.717) is 40.1 Å². The number of benzene rings is 2. The molecule has 0 fully saturated rings. The molecule has 3 rings (SSSR count). The zero-order valence-corrected chi connectivity index (χ0v) is 16.4. The summed E-state index contributed by atoms with van der Waals surface area (Å²) in [5, 5.41) is 10.5. The number of ether oxygens (including phenoxy) is 2. The first-order valence-electron chi connectivity index (χ1n) is 8.23. The lowest BCUT2D eigenvalue weighted by Crippen LogP contribution is -2.22. The fraction of sp³-hybridized carbons (Fsp3) is 0.222. The summed E-state index contributed by atoms with van der Waals surface area (Å²) in [7, 11) is 0.786. The third kappa shape index (κ3) is 4.07. The Balaban J connectivity index is 2.05. The van der Waals surface area contributed by atoms with E-state index in [4.69, 9.17) is 14.6 Å². The van der Waals surface area contributed by atoms with Crippen LogP contribution in [0.25, 0.3) is 10.8 Å². The van der Waals surface area contributed by atoms with Crippen molar-refractivity contribution in [3.8, 4) is 11.5 Å². The summed E-state index contributed by atoms with van der Waals surface area (Å²) < 4.78 is 36.3. The van der Waals surface area contributed by atoms with Gasteiger partial charge >= 0.3 is 0 Å². The lowest BCUT2D eigenvalue weighted by Gasteiger charge is -2.13. The highest BCUT2D eigenvalue weighted by Crippen LogP contribution is 2.32. The molecule has 0 amide bonds. The van der Waals surface area contributed by atoms with Crippen LogP contribution >= 0.6 is 0 Å². The molecule has 9 nitrogen and oxygen atoms in total. The third-order valence-corrected chi connectivity index (χ3v) is 4.74. The Kier molecular flexibility index (Phi) is 5.25. The summed E-state index contributed by atoms with van der Waals surface area (Å²) in [5.74, 6) is 0.960. The van der Waals surface area contributed by atoms with Crippen LogP contribution in [0.5, 0.6) is 11.5 Å². The van der Waals surface area contributed by atoms with Crippen LogP contribution in [0.4, 0.5) is 5.69 Å². The van der Waals surface area contributed by atoms with Crippen molar-refractivity contribution in [3.63, 3.8) is 0 Å². The van der Waals surface area contributed by atoms with Crippen molar-refractivity contribution in [2.45, 2.75) is 6.42 Å². The normalized spacial score (nSPS) is 11.4. The fourth-order valence-corrected chi connectivity index (χ4v) is 3.39. The molecule has 3 N–H and O–H groups in total. The van der Waals surface area contributed by atoms with Gasteiger partial charge in [0, 0.05) is 24.5 Å². The first kappa shape index (κ1) is 19.6. The van der Waals surface area contributed by atoms with Crippen molar-refractivity contribution in [3.05, 3.63) is 58.0 Å². The van der Waals surface area contributed by atoms with Crippen LogP contribution in [0.15, 0.2) is 41.2 Å². The van der Waals surface area contributed by atoms with Crippen LogP contribution in [-0.4, -0.2) is 32.4 Å². The number of rotatable bonds is 6. The highest BCUT2D eigenvalue weighted by molar-refractivity contribution is 7.90. The monoisotopic (exact) mass is 404 g/mol. The third-order valence-electron chi connectivity index (χ3n) is 4.22. The van der Waals surface area contributed by atoms with E-state index < -0.39 is 10.2 Å². The molecule has 2 aromatic carbocycles. The number of fused-ring (bicyclic) bond motifs is 1. The van der Waals surface area contributed by atoms with Crippen molar-refractivity contribution in [1.82, 2.24) is 9.78 Å². The number of anilines is 1. The standard InChI is InChI=1S/C18H20N4O5S/c1-22-18(23)14-10-17(27-3)16(26-2)9-13(14)15(20-22)8-11-4-6-12(7-5-11)21-28(19,24)25/h4-7,9-10,21H,8H2,1-3H3,(H2,19,24,25). The predicted molar refractivity (Wildman–Crippen MR) is 106 cm³/mol. The SMILES string of the molecule is COc1cc2c(Cc3ccc(NS(N)(=O)=O)cc3)nn(C)c(=O)c2cc1OC. The maximum absolute atomic E-state index is 12.5. The van der Waals surface area contributed by atoms with Gasteiger partial charge in [-0.1, -0.05) is 12.1 Å². The molecule has 0 atom stereocenters. The zero-order chi connectivity index (χ0) is 20.5. The van der Waals surface area contributed by atoms with E-state index >= 15 is 0 Å². The van der Waals surface area contributed by atoms with E-state index in [1.54, 1.807) is 43.4 Å². The van der Waals surface area contributed by atoms with E-state index in [-0.39, 0.29) is 5.56 Å². The topological polar surface area (TPSA) is 126 Å². The first-order valence-corrected chi connectivity index (χ1v) is 9.78. The smallest absolute Gasteiger partial charge is 0.296 e. The van der Waals surface area contributed by atoms with Crippen molar-refractivity contribution in [2.75, 3.05) is 18.9 Å². The molecule has 3 aromatic rings. The Labute approximate surface area is 161 Å². The van der Waals surface area contributed by atoms with Gasteiger partial charge in [0.2, 0.25) is 0 Å². The predicted octanol–water partition coefficient (Wildman–Crippen LogP) is 1.16. The zero-order valence-electron chi connectivity index (χ0n) is 15.6. The van der Waals surface area contributed by atoms with Gasteiger partial charge < -0.3 is 9.47 Å². The molecular weight excluding hydrogens is 384 g/mol. The van der Waals surface area contributed by atoms with E-state index in [1.807, 2.05) is 0 Å². The van der Waals surface area contributed by atoms with Crippen LogP contribution in [-0.2, 0) is 23.7 Å². The lowest BCUT2D eigenvalue weighted by molar-refractivity contribution is 0.355. The number of methoxy groups -OCH3 is 2. The Hall–Kier alpha value is -3.11. The fourth-order valence-electron chi connectivity index (χ4n) is 2.93. The number of aryl methyl sites for hydroxylation is 1. The van der Waals surface area contributed by atoms with E-state index in [1.165, 1.54) is 18.9 Å². The summed E-state index contributed by atoms with van der Waals surface area (Å²) in [5.41, 5.74) is 1.66. The molecule has 0 saturated heterocycles. The molecule has 28 heavy (non-hydrogen) atoms. The second-order valence-corrected chi connectivity index (χ2v) is 7.44. The minimum Gasteiger partial charge on any atom is -0.493 e. The van der Waals surface area contributed by atoms with Gasteiger partial charge in [-0.25, -0.2) is 9.82 Å². The Bertz CT molecular complexity index is 1190. The molecule has 10 heteroatoms. The van der Waals surface area contributed by atoms with Crippen LogP contribution in [0.3, 0.4) is 0 Å². The van der Waals surface area contributed by atoms with Crippen LogP contribution in [0.1, 0.15) is 11.3 Å². The summed E-state index contributed by atoms with van der Waals surface area (Å²) in [6.07, 6.45) is 0.426. The molecule has 0 bridgehead atoms. The van der Waals surface area contributed by atoms with Gasteiger partial charge in [-0.15, -0.1) is 0 Å². The van der Waals surface area contributed by atoms with Crippen molar-refractivity contribution < 1.29 is 17.9 Å². The minimum atomic E-state index is -3.83. The molecule has 1 aromatic heterocycles. The Morgan fingerprint density at radius 1 is 1.07 bits per heavy atom. The molecule has 0 aliphatic rings. The van der Waals surface area contributed by atoms with Gasteiger partial charge in [0.15, 0.2) is 11.5 Å². The van der Waals surface area contributed by atoms with Gasteiger partial charge in [-0.2, -0.15) is 13.5 Å². The lowest BCUT2D eigenvalue weighted by atomic mass is 10.0.